The van der Waals surface area contributed by atoms with Gasteiger partial charge >= 0.3 is 0 Å². The van der Waals surface area contributed by atoms with E-state index in [9.17, 15) is 0 Å². The predicted molar refractivity (Wildman–Crippen MR) is 98.5 cm³/mol. The fraction of sp³-hybridized carbons (Fsp3) is 0.524. The van der Waals surface area contributed by atoms with Crippen molar-refractivity contribution in [3.8, 4) is 0 Å². The van der Waals surface area contributed by atoms with Gasteiger partial charge < -0.3 is 0 Å². The van der Waals surface area contributed by atoms with Gasteiger partial charge in [-0.1, -0.05) is 59.8 Å². The van der Waals surface area contributed by atoms with Crippen molar-refractivity contribution >= 4 is 0 Å². The lowest BCUT2D eigenvalue weighted by Crippen LogP contribution is -1.99. The first-order valence-electron chi connectivity index (χ1n) is 8.11. The van der Waals surface area contributed by atoms with Gasteiger partial charge in [0, 0.05) is 0 Å². The molecule has 0 nitrogen and oxygen atoms in total. The van der Waals surface area contributed by atoms with E-state index in [1.54, 1.807) is 0 Å². The van der Waals surface area contributed by atoms with Crippen molar-refractivity contribution in [3.05, 3.63) is 59.8 Å². The van der Waals surface area contributed by atoms with Gasteiger partial charge in [0.25, 0.3) is 0 Å². The van der Waals surface area contributed by atoms with E-state index < -0.39 is 0 Å². The molecule has 0 aromatic carbocycles. The van der Waals surface area contributed by atoms with E-state index in [0.29, 0.717) is 5.92 Å². The van der Waals surface area contributed by atoms with Gasteiger partial charge in [0.15, 0.2) is 0 Å². The zero-order valence-corrected chi connectivity index (χ0v) is 14.8. The highest BCUT2D eigenvalue weighted by atomic mass is 14.1. The summed E-state index contributed by atoms with van der Waals surface area (Å²) in [6, 6.07) is 0. The van der Waals surface area contributed by atoms with Gasteiger partial charge in [0.2, 0.25) is 0 Å². The molecule has 1 atom stereocenters. The highest BCUT2D eigenvalue weighted by molar-refractivity contribution is 5.12. The molecule has 118 valence electrons. The number of hydrogen-bond donors (Lipinski definition) is 0. The van der Waals surface area contributed by atoms with Crippen LogP contribution in [0.25, 0.3) is 0 Å². The van der Waals surface area contributed by atoms with Crippen LogP contribution in [-0.2, 0) is 0 Å². The highest BCUT2D eigenvalue weighted by Gasteiger charge is 2.06. The molecule has 0 aliphatic rings. The lowest BCUT2D eigenvalue weighted by Gasteiger charge is -2.14. The standard InChI is InChI=1S/C21H34/c1-8-19(6)15-16-20(7)12-10-14-21(18(4)5)13-9-11-17(2)3/h8-9,11-12,21H,2,4,10,13-16H2,1,3,5-7H3/b11-9+,19-8+,20-12+. The van der Waals surface area contributed by atoms with Crippen LogP contribution in [0.5, 0.6) is 0 Å². The van der Waals surface area contributed by atoms with Crippen molar-refractivity contribution in [3.63, 3.8) is 0 Å². The van der Waals surface area contributed by atoms with Crippen LogP contribution in [0.15, 0.2) is 59.8 Å². The molecule has 0 spiro atoms. The van der Waals surface area contributed by atoms with E-state index in [2.05, 4.69) is 65.2 Å². The van der Waals surface area contributed by atoms with E-state index in [1.165, 1.54) is 36.0 Å². The van der Waals surface area contributed by atoms with Crippen LogP contribution in [-0.4, -0.2) is 0 Å². The molecule has 0 radical (unpaired) electrons. The van der Waals surface area contributed by atoms with Crippen molar-refractivity contribution in [2.24, 2.45) is 5.92 Å². The van der Waals surface area contributed by atoms with Gasteiger partial charge in [-0.05, 0) is 72.6 Å². The van der Waals surface area contributed by atoms with E-state index in [0.717, 1.165) is 18.4 Å². The zero-order chi connectivity index (χ0) is 16.3. The lowest BCUT2D eigenvalue weighted by molar-refractivity contribution is 0.574. The second-order valence-corrected chi connectivity index (χ2v) is 6.29. The smallest absolute Gasteiger partial charge is 0.0171 e. The molecule has 0 heteroatoms. The average Bonchev–Trinajstić information content (AvgIpc) is 2.42. The monoisotopic (exact) mass is 286 g/mol. The summed E-state index contributed by atoms with van der Waals surface area (Å²) >= 11 is 0. The van der Waals surface area contributed by atoms with Gasteiger partial charge in [0.1, 0.15) is 0 Å². The molecule has 0 saturated carbocycles. The first kappa shape index (κ1) is 19.7. The second kappa shape index (κ2) is 11.4. The van der Waals surface area contributed by atoms with Gasteiger partial charge in [-0.15, -0.1) is 0 Å². The normalized spacial score (nSPS) is 14.5. The van der Waals surface area contributed by atoms with Crippen LogP contribution >= 0.6 is 0 Å². The molecule has 0 heterocycles. The van der Waals surface area contributed by atoms with Crippen LogP contribution in [0.2, 0.25) is 0 Å². The Balaban J connectivity index is 4.24. The Bertz CT molecular complexity index is 415. The van der Waals surface area contributed by atoms with Crippen molar-refractivity contribution in [2.45, 2.75) is 66.7 Å². The van der Waals surface area contributed by atoms with Crippen LogP contribution in [0, 0.1) is 5.92 Å². The summed E-state index contributed by atoms with van der Waals surface area (Å²) in [5, 5.41) is 0. The van der Waals surface area contributed by atoms with Crippen LogP contribution in [0.4, 0.5) is 0 Å². The Kier molecular flexibility index (Phi) is 10.7. The highest BCUT2D eigenvalue weighted by Crippen LogP contribution is 2.21. The Morgan fingerprint density at radius 2 is 1.62 bits per heavy atom. The molecule has 0 fully saturated rings. The summed E-state index contributed by atoms with van der Waals surface area (Å²) in [7, 11) is 0. The van der Waals surface area contributed by atoms with Crippen LogP contribution < -0.4 is 0 Å². The zero-order valence-electron chi connectivity index (χ0n) is 14.8. The molecule has 0 saturated heterocycles. The molecule has 0 amide bonds. The first-order valence-corrected chi connectivity index (χ1v) is 8.11. The molecule has 21 heavy (non-hydrogen) atoms. The molecule has 0 bridgehead atoms. The number of hydrogen-bond acceptors (Lipinski definition) is 0. The molecule has 0 rings (SSSR count). The Morgan fingerprint density at radius 1 is 1.00 bits per heavy atom. The Hall–Kier alpha value is -1.30. The Morgan fingerprint density at radius 3 is 2.14 bits per heavy atom. The fourth-order valence-corrected chi connectivity index (χ4v) is 2.17. The topological polar surface area (TPSA) is 0 Å². The molecule has 0 aromatic rings. The first-order chi connectivity index (χ1) is 9.86. The molecule has 0 aliphatic heterocycles. The van der Waals surface area contributed by atoms with Gasteiger partial charge in [-0.2, -0.15) is 0 Å². The van der Waals surface area contributed by atoms with Gasteiger partial charge in [-0.25, -0.2) is 0 Å². The van der Waals surface area contributed by atoms with Gasteiger partial charge in [0.05, 0.1) is 0 Å². The molecular formula is C21H34. The third-order valence-electron chi connectivity index (χ3n) is 3.93. The van der Waals surface area contributed by atoms with Gasteiger partial charge in [-0.3, -0.25) is 0 Å². The van der Waals surface area contributed by atoms with Crippen LogP contribution in [0.1, 0.15) is 66.7 Å². The summed E-state index contributed by atoms with van der Waals surface area (Å²) in [4.78, 5) is 0. The minimum Gasteiger partial charge on any atom is -0.0998 e. The second-order valence-electron chi connectivity index (χ2n) is 6.29. The fourth-order valence-electron chi connectivity index (χ4n) is 2.17. The van der Waals surface area contributed by atoms with Crippen molar-refractivity contribution in [1.29, 1.82) is 0 Å². The minimum atomic E-state index is 0.585. The number of allylic oxidation sites excluding steroid dienone is 8. The number of rotatable bonds is 10. The van der Waals surface area contributed by atoms with E-state index in [1.807, 2.05) is 6.92 Å². The summed E-state index contributed by atoms with van der Waals surface area (Å²) < 4.78 is 0. The molecule has 0 aliphatic carbocycles. The molecular weight excluding hydrogens is 252 g/mol. The summed E-state index contributed by atoms with van der Waals surface area (Å²) in [5.74, 6) is 0.585. The van der Waals surface area contributed by atoms with E-state index in [-0.39, 0.29) is 0 Å². The molecule has 0 aromatic heterocycles. The lowest BCUT2D eigenvalue weighted by atomic mass is 9.92. The predicted octanol–water partition coefficient (Wildman–Crippen LogP) is 7.17. The Labute approximate surface area is 133 Å². The SMILES string of the molecule is C=C(C)/C=C/CC(CC/C=C(\C)CC/C(C)=C/C)C(=C)C. The molecule has 0 N–H and O–H groups in total. The minimum absolute atomic E-state index is 0.585. The molecule has 1 unspecified atom stereocenters. The maximum absolute atomic E-state index is 4.14. The largest absolute Gasteiger partial charge is 0.0998 e. The quantitative estimate of drug-likeness (QED) is 0.295. The average molecular weight is 287 g/mol. The summed E-state index contributed by atoms with van der Waals surface area (Å²) in [5.41, 5.74) is 5.39. The van der Waals surface area contributed by atoms with E-state index >= 15 is 0 Å². The summed E-state index contributed by atoms with van der Waals surface area (Å²) in [6.45, 7) is 18.8. The van der Waals surface area contributed by atoms with Crippen molar-refractivity contribution in [1.82, 2.24) is 0 Å². The maximum atomic E-state index is 4.14. The van der Waals surface area contributed by atoms with E-state index in [4.69, 9.17) is 0 Å². The maximum Gasteiger partial charge on any atom is -0.0171 e. The third-order valence-corrected chi connectivity index (χ3v) is 3.93. The van der Waals surface area contributed by atoms with Crippen LogP contribution in [0.3, 0.4) is 0 Å². The van der Waals surface area contributed by atoms with Crippen molar-refractivity contribution in [2.75, 3.05) is 0 Å². The summed E-state index contributed by atoms with van der Waals surface area (Å²) in [6.07, 6.45) is 14.7. The van der Waals surface area contributed by atoms with Crippen molar-refractivity contribution < 1.29 is 0 Å². The third kappa shape index (κ3) is 11.1.